The first-order valence-corrected chi connectivity index (χ1v) is 13.0. The molecular formula is C30H32N4O4. The Labute approximate surface area is 222 Å². The number of carbonyl (C=O) groups is 2. The van der Waals surface area contributed by atoms with E-state index < -0.39 is 5.72 Å². The van der Waals surface area contributed by atoms with Gasteiger partial charge in [-0.25, -0.2) is 4.79 Å². The molecule has 2 atom stereocenters. The molecule has 2 fully saturated rings. The van der Waals surface area contributed by atoms with E-state index in [4.69, 9.17) is 9.47 Å². The molecule has 3 aliphatic heterocycles. The number of piperazine rings is 1. The van der Waals surface area contributed by atoms with Crippen LogP contribution in [-0.2, 0) is 0 Å². The summed E-state index contributed by atoms with van der Waals surface area (Å²) in [7, 11) is 1.66. The number of hydrogen-bond donors (Lipinski definition) is 1. The monoisotopic (exact) mass is 512 g/mol. The smallest absolute Gasteiger partial charge is 0.325 e. The van der Waals surface area contributed by atoms with Crippen molar-refractivity contribution in [1.82, 2.24) is 10.2 Å². The maximum absolute atomic E-state index is 13.5. The highest BCUT2D eigenvalue weighted by Crippen LogP contribution is 2.45. The van der Waals surface area contributed by atoms with Gasteiger partial charge in [-0.15, -0.1) is 0 Å². The van der Waals surface area contributed by atoms with Gasteiger partial charge in [0.1, 0.15) is 11.5 Å². The van der Waals surface area contributed by atoms with Crippen LogP contribution in [0, 0.1) is 6.92 Å². The van der Waals surface area contributed by atoms with Crippen LogP contribution in [0.2, 0.25) is 0 Å². The molecule has 0 radical (unpaired) electrons. The summed E-state index contributed by atoms with van der Waals surface area (Å²) in [6.45, 7) is 6.67. The van der Waals surface area contributed by atoms with Gasteiger partial charge in [-0.1, -0.05) is 29.8 Å². The summed E-state index contributed by atoms with van der Waals surface area (Å²) >= 11 is 0. The Hall–Kier alpha value is -4.20. The number of carbonyl (C=O) groups excluding carboxylic acids is 2. The number of benzene rings is 3. The van der Waals surface area contributed by atoms with Gasteiger partial charge in [0, 0.05) is 55.5 Å². The van der Waals surface area contributed by atoms with Crippen molar-refractivity contribution in [1.29, 1.82) is 0 Å². The molecule has 196 valence electrons. The Balaban J connectivity index is 1.20. The number of nitrogens with one attached hydrogen (secondary N) is 1. The summed E-state index contributed by atoms with van der Waals surface area (Å²) in [5, 5.41) is 3.14. The molecule has 8 nitrogen and oxygen atoms in total. The Bertz CT molecular complexity index is 1400. The highest BCUT2D eigenvalue weighted by atomic mass is 16.5. The molecule has 38 heavy (non-hydrogen) atoms. The number of hydrogen-bond acceptors (Lipinski definition) is 5. The normalized spacial score (nSPS) is 22.3. The molecule has 0 spiro atoms. The van der Waals surface area contributed by atoms with Crippen molar-refractivity contribution < 1.29 is 19.1 Å². The molecule has 3 amide bonds. The summed E-state index contributed by atoms with van der Waals surface area (Å²) < 4.78 is 11.8. The summed E-state index contributed by atoms with van der Waals surface area (Å²) in [5.74, 6) is 1.56. The second kappa shape index (κ2) is 9.28. The zero-order valence-electron chi connectivity index (χ0n) is 21.9. The predicted octanol–water partition coefficient (Wildman–Crippen LogP) is 4.74. The molecule has 0 saturated carbocycles. The molecular weight excluding hydrogens is 480 g/mol. The van der Waals surface area contributed by atoms with Crippen LogP contribution >= 0.6 is 0 Å². The maximum Gasteiger partial charge on any atom is 0.325 e. The number of nitrogens with zero attached hydrogens (tertiary/aromatic N) is 3. The van der Waals surface area contributed by atoms with Gasteiger partial charge in [0.2, 0.25) is 0 Å². The number of fused-ring (bicyclic) bond motifs is 4. The molecule has 3 aromatic carbocycles. The van der Waals surface area contributed by atoms with Gasteiger partial charge in [0.15, 0.2) is 5.72 Å². The zero-order valence-corrected chi connectivity index (χ0v) is 21.9. The molecule has 2 unspecified atom stereocenters. The lowest BCUT2D eigenvalue weighted by molar-refractivity contribution is 0.0377. The second-order valence-corrected chi connectivity index (χ2v) is 10.4. The lowest BCUT2D eigenvalue weighted by Crippen LogP contribution is -2.65. The van der Waals surface area contributed by atoms with E-state index in [1.807, 2.05) is 67.3 Å². The summed E-state index contributed by atoms with van der Waals surface area (Å²) in [5.41, 5.74) is 3.56. The van der Waals surface area contributed by atoms with Gasteiger partial charge in [-0.3, -0.25) is 9.69 Å². The fourth-order valence-corrected chi connectivity index (χ4v) is 5.82. The van der Waals surface area contributed by atoms with Gasteiger partial charge >= 0.3 is 6.03 Å². The van der Waals surface area contributed by atoms with Crippen LogP contribution in [0.25, 0.3) is 0 Å². The molecule has 0 aromatic heterocycles. The van der Waals surface area contributed by atoms with Gasteiger partial charge in [-0.2, -0.15) is 0 Å². The van der Waals surface area contributed by atoms with Crippen LogP contribution in [-0.4, -0.2) is 55.9 Å². The predicted molar refractivity (Wildman–Crippen MR) is 146 cm³/mol. The first-order valence-electron chi connectivity index (χ1n) is 13.0. The van der Waals surface area contributed by atoms with E-state index in [0.29, 0.717) is 30.8 Å². The van der Waals surface area contributed by atoms with E-state index >= 15 is 0 Å². The highest BCUT2D eigenvalue weighted by Gasteiger charge is 2.50. The number of ether oxygens (including phenoxy) is 2. The zero-order chi connectivity index (χ0) is 26.4. The van der Waals surface area contributed by atoms with Crippen LogP contribution in [0.15, 0.2) is 66.7 Å². The Morgan fingerprint density at radius 2 is 1.76 bits per heavy atom. The molecule has 2 saturated heterocycles. The van der Waals surface area contributed by atoms with Crippen molar-refractivity contribution in [2.45, 2.75) is 32.0 Å². The van der Waals surface area contributed by atoms with E-state index in [0.717, 1.165) is 41.4 Å². The van der Waals surface area contributed by atoms with Crippen molar-refractivity contribution in [2.24, 2.45) is 0 Å². The third kappa shape index (κ3) is 4.20. The summed E-state index contributed by atoms with van der Waals surface area (Å²) in [6, 6.07) is 21.0. The van der Waals surface area contributed by atoms with Crippen LogP contribution in [0.1, 0.15) is 40.9 Å². The van der Waals surface area contributed by atoms with Gasteiger partial charge in [0.05, 0.1) is 18.8 Å². The number of anilines is 2. The van der Waals surface area contributed by atoms with Crippen molar-refractivity contribution in [2.75, 3.05) is 43.1 Å². The number of amides is 3. The van der Waals surface area contributed by atoms with E-state index in [2.05, 4.69) is 22.3 Å². The van der Waals surface area contributed by atoms with Crippen molar-refractivity contribution in [3.05, 3.63) is 83.4 Å². The average Bonchev–Trinajstić information content (AvgIpc) is 2.93. The van der Waals surface area contributed by atoms with E-state index in [9.17, 15) is 9.59 Å². The number of methoxy groups -OCH3 is 1. The van der Waals surface area contributed by atoms with Gasteiger partial charge in [-0.05, 0) is 50.2 Å². The maximum atomic E-state index is 13.5. The average molecular weight is 513 g/mol. The molecule has 3 aromatic rings. The quantitative estimate of drug-likeness (QED) is 0.547. The third-order valence-corrected chi connectivity index (χ3v) is 7.76. The SMILES string of the molecule is COc1cccc(N2CCN(C(=O)c3cccc(N4C(=O)NC5CC4(C)Oc4ccc(C)cc45)c3)CC2)c1. The summed E-state index contributed by atoms with van der Waals surface area (Å²) in [6.07, 6.45) is 0.611. The topological polar surface area (TPSA) is 74.4 Å². The van der Waals surface area contributed by atoms with Crippen LogP contribution in [0.3, 0.4) is 0 Å². The number of rotatable bonds is 4. The first-order chi connectivity index (χ1) is 18.3. The molecule has 0 aliphatic carbocycles. The lowest BCUT2D eigenvalue weighted by atomic mass is 9.89. The van der Waals surface area contributed by atoms with Crippen molar-refractivity contribution in [3.63, 3.8) is 0 Å². The minimum absolute atomic E-state index is 0.0389. The lowest BCUT2D eigenvalue weighted by Gasteiger charge is -2.50. The Kier molecular flexibility index (Phi) is 5.90. The molecule has 3 heterocycles. The minimum Gasteiger partial charge on any atom is -0.497 e. The third-order valence-electron chi connectivity index (χ3n) is 7.76. The standard InChI is InChI=1S/C30H32N4O4/c1-20-10-11-27-25(16-20)26-19-30(2,38-27)34(29(36)31-26)23-8-4-6-21(17-23)28(35)33-14-12-32(13-15-33)22-7-5-9-24(18-22)37-3/h4-11,16-18,26H,12-15,19H2,1-3H3,(H,31,36). The first kappa shape index (κ1) is 24.2. The number of aryl methyl sites for hydroxylation is 1. The molecule has 6 rings (SSSR count). The van der Waals surface area contributed by atoms with Gasteiger partial charge in [0.25, 0.3) is 5.91 Å². The van der Waals surface area contributed by atoms with E-state index in [1.54, 1.807) is 18.1 Å². The fraction of sp³-hybridized carbons (Fsp3) is 0.333. The molecule has 8 heteroatoms. The minimum atomic E-state index is -0.862. The van der Waals surface area contributed by atoms with Crippen molar-refractivity contribution >= 4 is 23.3 Å². The summed E-state index contributed by atoms with van der Waals surface area (Å²) in [4.78, 5) is 32.6. The van der Waals surface area contributed by atoms with E-state index in [1.165, 1.54) is 0 Å². The molecule has 3 aliphatic rings. The second-order valence-electron chi connectivity index (χ2n) is 10.4. The highest BCUT2D eigenvalue weighted by molar-refractivity contribution is 5.99. The fourth-order valence-electron chi connectivity index (χ4n) is 5.82. The molecule has 1 N–H and O–H groups in total. The number of urea groups is 1. The van der Waals surface area contributed by atoms with Crippen LogP contribution in [0.4, 0.5) is 16.2 Å². The van der Waals surface area contributed by atoms with Crippen LogP contribution < -0.4 is 24.6 Å². The van der Waals surface area contributed by atoms with Gasteiger partial charge < -0.3 is 24.6 Å². The molecule has 2 bridgehead atoms. The van der Waals surface area contributed by atoms with Crippen LogP contribution in [0.5, 0.6) is 11.5 Å². The largest absolute Gasteiger partial charge is 0.497 e. The van der Waals surface area contributed by atoms with E-state index in [-0.39, 0.29) is 18.0 Å². The Morgan fingerprint density at radius 3 is 2.55 bits per heavy atom. The Morgan fingerprint density at radius 1 is 1.00 bits per heavy atom. The van der Waals surface area contributed by atoms with Crippen molar-refractivity contribution in [3.8, 4) is 11.5 Å².